The fraction of sp³-hybridized carbons (Fsp3) is 1.00. The molecule has 3 rings (SSSR count). The van der Waals surface area contributed by atoms with Crippen LogP contribution in [-0.4, -0.2) is 35.6 Å². The molecule has 0 amide bonds. The molecule has 4 atom stereocenters. The van der Waals surface area contributed by atoms with Crippen molar-refractivity contribution in [1.82, 2.24) is 10.2 Å². The Morgan fingerprint density at radius 2 is 1.63 bits per heavy atom. The first-order valence-electron chi connectivity index (χ1n) is 8.81. The van der Waals surface area contributed by atoms with Crippen LogP contribution in [0.15, 0.2) is 0 Å². The lowest BCUT2D eigenvalue weighted by molar-refractivity contribution is 0.0638. The second-order valence-corrected chi connectivity index (χ2v) is 7.19. The second kappa shape index (κ2) is 6.13. The quantitative estimate of drug-likeness (QED) is 0.835. The lowest BCUT2D eigenvalue weighted by Gasteiger charge is -2.44. The van der Waals surface area contributed by atoms with Gasteiger partial charge >= 0.3 is 0 Å². The minimum atomic E-state index is 0.836. The first kappa shape index (κ1) is 13.9. The Morgan fingerprint density at radius 3 is 2.26 bits per heavy atom. The van der Waals surface area contributed by atoms with E-state index in [1.807, 2.05) is 0 Å². The van der Waals surface area contributed by atoms with Crippen LogP contribution in [0.4, 0.5) is 0 Å². The zero-order valence-electron chi connectivity index (χ0n) is 12.9. The van der Waals surface area contributed by atoms with Crippen LogP contribution in [0.5, 0.6) is 0 Å². The second-order valence-electron chi connectivity index (χ2n) is 7.19. The molecule has 0 radical (unpaired) electrons. The fourth-order valence-corrected chi connectivity index (χ4v) is 5.05. The Hall–Kier alpha value is -0.0800. The topological polar surface area (TPSA) is 15.3 Å². The van der Waals surface area contributed by atoms with Gasteiger partial charge in [0.05, 0.1) is 0 Å². The summed E-state index contributed by atoms with van der Waals surface area (Å²) in [6, 6.07) is 3.45. The Bertz CT molecular complexity index is 279. The minimum absolute atomic E-state index is 0.836. The third-order valence-electron chi connectivity index (χ3n) is 6.08. The molecule has 0 aromatic carbocycles. The first-order valence-corrected chi connectivity index (χ1v) is 8.81. The maximum absolute atomic E-state index is 3.80. The molecule has 3 fully saturated rings. The predicted molar refractivity (Wildman–Crippen MR) is 81.4 cm³/mol. The van der Waals surface area contributed by atoms with Gasteiger partial charge in [0.25, 0.3) is 0 Å². The maximum Gasteiger partial charge on any atom is 0.0128 e. The van der Waals surface area contributed by atoms with Gasteiger partial charge in [-0.15, -0.1) is 0 Å². The van der Waals surface area contributed by atoms with Crippen molar-refractivity contribution in [1.29, 1.82) is 0 Å². The van der Waals surface area contributed by atoms with Crippen molar-refractivity contribution in [2.75, 3.05) is 6.54 Å². The number of fused-ring (bicyclic) bond motifs is 2. The van der Waals surface area contributed by atoms with Gasteiger partial charge in [-0.25, -0.2) is 0 Å². The Morgan fingerprint density at radius 1 is 0.895 bits per heavy atom. The van der Waals surface area contributed by atoms with Gasteiger partial charge < -0.3 is 5.32 Å². The molecule has 4 unspecified atom stereocenters. The van der Waals surface area contributed by atoms with Crippen LogP contribution >= 0.6 is 0 Å². The molecule has 2 aliphatic heterocycles. The molecule has 1 N–H and O–H groups in total. The van der Waals surface area contributed by atoms with E-state index in [1.165, 1.54) is 64.3 Å². The molecule has 2 heterocycles. The summed E-state index contributed by atoms with van der Waals surface area (Å²) in [6.45, 7) is 6.04. The van der Waals surface area contributed by atoms with Gasteiger partial charge in [-0.2, -0.15) is 0 Å². The van der Waals surface area contributed by atoms with Crippen LogP contribution in [0, 0.1) is 5.92 Å². The summed E-state index contributed by atoms with van der Waals surface area (Å²) >= 11 is 0. The summed E-state index contributed by atoms with van der Waals surface area (Å²) in [7, 11) is 0. The van der Waals surface area contributed by atoms with Crippen LogP contribution in [0.2, 0.25) is 0 Å². The van der Waals surface area contributed by atoms with Crippen LogP contribution < -0.4 is 5.32 Å². The van der Waals surface area contributed by atoms with Crippen molar-refractivity contribution in [3.05, 3.63) is 0 Å². The first-order chi connectivity index (χ1) is 9.30. The lowest BCUT2D eigenvalue weighted by Crippen LogP contribution is -2.52. The van der Waals surface area contributed by atoms with E-state index in [0.717, 1.165) is 30.1 Å². The molecule has 110 valence electrons. The van der Waals surface area contributed by atoms with Gasteiger partial charge in [0.15, 0.2) is 0 Å². The summed E-state index contributed by atoms with van der Waals surface area (Å²) < 4.78 is 0. The van der Waals surface area contributed by atoms with Gasteiger partial charge in [0.2, 0.25) is 0 Å². The highest BCUT2D eigenvalue weighted by molar-refractivity contribution is 4.97. The predicted octanol–water partition coefficient (Wildman–Crippen LogP) is 3.56. The molecule has 0 aromatic rings. The SMILES string of the molecule is CCC1CCCC(N(CC)C2CC3CCC(C2)N3)C1. The molecule has 2 heteroatoms. The van der Waals surface area contributed by atoms with E-state index in [9.17, 15) is 0 Å². The zero-order valence-corrected chi connectivity index (χ0v) is 12.9. The van der Waals surface area contributed by atoms with Crippen molar-refractivity contribution in [3.8, 4) is 0 Å². The summed E-state index contributed by atoms with van der Waals surface area (Å²) in [6.07, 6.45) is 13.0. The number of nitrogens with one attached hydrogen (secondary N) is 1. The van der Waals surface area contributed by atoms with Crippen LogP contribution in [0.3, 0.4) is 0 Å². The summed E-state index contributed by atoms with van der Waals surface area (Å²) in [5.74, 6) is 1.01. The average molecular weight is 264 g/mol. The minimum Gasteiger partial charge on any atom is -0.311 e. The smallest absolute Gasteiger partial charge is 0.0128 e. The molecular weight excluding hydrogens is 232 g/mol. The van der Waals surface area contributed by atoms with E-state index >= 15 is 0 Å². The highest BCUT2D eigenvalue weighted by atomic mass is 15.2. The highest BCUT2D eigenvalue weighted by Crippen LogP contribution is 2.35. The van der Waals surface area contributed by atoms with Crippen molar-refractivity contribution in [2.24, 2.45) is 5.92 Å². The number of hydrogen-bond donors (Lipinski definition) is 1. The number of rotatable bonds is 4. The van der Waals surface area contributed by atoms with Crippen molar-refractivity contribution in [3.63, 3.8) is 0 Å². The molecule has 0 aromatic heterocycles. The third kappa shape index (κ3) is 3.00. The standard InChI is InChI=1S/C17H32N2/c1-3-13-6-5-7-16(10-13)19(4-2)17-11-14-8-9-15(12-17)18-14/h13-18H,3-12H2,1-2H3. The summed E-state index contributed by atoms with van der Waals surface area (Å²) in [5.41, 5.74) is 0. The van der Waals surface area contributed by atoms with Gasteiger partial charge in [-0.3, -0.25) is 4.90 Å². The van der Waals surface area contributed by atoms with E-state index in [-0.39, 0.29) is 0 Å². The van der Waals surface area contributed by atoms with Crippen molar-refractivity contribution >= 4 is 0 Å². The third-order valence-corrected chi connectivity index (χ3v) is 6.08. The average Bonchev–Trinajstić information content (AvgIpc) is 2.79. The summed E-state index contributed by atoms with van der Waals surface area (Å²) in [4.78, 5) is 2.90. The molecule has 2 saturated heterocycles. The summed E-state index contributed by atoms with van der Waals surface area (Å²) in [5, 5.41) is 3.80. The number of piperidine rings is 1. The zero-order chi connectivity index (χ0) is 13.2. The largest absolute Gasteiger partial charge is 0.311 e. The molecule has 1 saturated carbocycles. The Kier molecular flexibility index (Phi) is 4.48. The molecule has 2 nitrogen and oxygen atoms in total. The van der Waals surface area contributed by atoms with Crippen LogP contribution in [0.25, 0.3) is 0 Å². The van der Waals surface area contributed by atoms with E-state index in [1.54, 1.807) is 0 Å². The Labute approximate surface area is 119 Å². The normalized spacial score (nSPS) is 42.8. The molecule has 2 bridgehead atoms. The van der Waals surface area contributed by atoms with Gasteiger partial charge in [-0.1, -0.05) is 33.1 Å². The monoisotopic (exact) mass is 264 g/mol. The van der Waals surface area contributed by atoms with E-state index in [0.29, 0.717) is 0 Å². The maximum atomic E-state index is 3.80. The van der Waals surface area contributed by atoms with Gasteiger partial charge in [-0.05, 0) is 51.0 Å². The number of nitrogens with zero attached hydrogens (tertiary/aromatic N) is 1. The van der Waals surface area contributed by atoms with Crippen molar-refractivity contribution in [2.45, 2.75) is 95.8 Å². The number of hydrogen-bond acceptors (Lipinski definition) is 2. The molecule has 19 heavy (non-hydrogen) atoms. The van der Waals surface area contributed by atoms with Crippen molar-refractivity contribution < 1.29 is 0 Å². The highest BCUT2D eigenvalue weighted by Gasteiger charge is 2.38. The molecule has 1 aliphatic carbocycles. The van der Waals surface area contributed by atoms with Gasteiger partial charge in [0.1, 0.15) is 0 Å². The van der Waals surface area contributed by atoms with Gasteiger partial charge in [0, 0.05) is 24.2 Å². The van der Waals surface area contributed by atoms with E-state index < -0.39 is 0 Å². The van der Waals surface area contributed by atoms with E-state index in [2.05, 4.69) is 24.1 Å². The molecule has 3 aliphatic rings. The fourth-order valence-electron chi connectivity index (χ4n) is 5.05. The lowest BCUT2D eigenvalue weighted by atomic mass is 9.82. The molecule has 0 spiro atoms. The molecular formula is C17H32N2. The van der Waals surface area contributed by atoms with E-state index in [4.69, 9.17) is 0 Å². The Balaban J connectivity index is 1.63. The van der Waals surface area contributed by atoms with Crippen LogP contribution in [0.1, 0.15) is 71.6 Å². The van der Waals surface area contributed by atoms with Crippen LogP contribution in [-0.2, 0) is 0 Å².